The fourth-order valence-electron chi connectivity index (χ4n) is 8.90. The van der Waals surface area contributed by atoms with Crippen LogP contribution in [0.15, 0.2) is 0 Å². The molecule has 3 N–H and O–H groups in total. The molecule has 0 saturated heterocycles. The summed E-state index contributed by atoms with van der Waals surface area (Å²) in [5, 5.41) is 10.2. The van der Waals surface area contributed by atoms with Gasteiger partial charge in [0.05, 0.1) is 13.2 Å². The van der Waals surface area contributed by atoms with Crippen LogP contribution in [0, 0.1) is 46.3 Å². The van der Waals surface area contributed by atoms with Crippen LogP contribution in [0.25, 0.3) is 0 Å². The SMILES string of the molecule is COC(=O)CCC(C)C1CCC2C3CC[C@@H]4CC(O)CC[C@]4(C)C3C[C@H](N)C12C. The molecule has 166 valence electrons. The fraction of sp³-hybridized carbons (Fsp3) is 0.960. The van der Waals surface area contributed by atoms with Crippen molar-refractivity contribution in [3.63, 3.8) is 0 Å². The third-order valence-electron chi connectivity index (χ3n) is 10.6. The molecule has 0 aromatic heterocycles. The maximum absolute atomic E-state index is 11.7. The van der Waals surface area contributed by atoms with E-state index in [0.717, 1.165) is 43.4 Å². The summed E-state index contributed by atoms with van der Waals surface area (Å²) in [5.74, 6) is 3.98. The number of methoxy groups -OCH3 is 1. The number of nitrogens with two attached hydrogens (primary N) is 1. The van der Waals surface area contributed by atoms with Gasteiger partial charge in [-0.1, -0.05) is 20.8 Å². The summed E-state index contributed by atoms with van der Waals surface area (Å²) in [5.41, 5.74) is 7.61. The van der Waals surface area contributed by atoms with E-state index >= 15 is 0 Å². The van der Waals surface area contributed by atoms with E-state index in [9.17, 15) is 9.90 Å². The Morgan fingerprint density at radius 1 is 1.14 bits per heavy atom. The molecule has 4 saturated carbocycles. The molecule has 0 radical (unpaired) electrons. The minimum atomic E-state index is -0.0877. The van der Waals surface area contributed by atoms with Gasteiger partial charge in [-0.25, -0.2) is 0 Å². The van der Waals surface area contributed by atoms with Crippen molar-refractivity contribution in [1.82, 2.24) is 0 Å². The van der Waals surface area contributed by atoms with Gasteiger partial charge in [0.1, 0.15) is 0 Å². The Bertz CT molecular complexity index is 623. The molecular weight excluding hydrogens is 362 g/mol. The summed E-state index contributed by atoms with van der Waals surface area (Å²) < 4.78 is 4.87. The van der Waals surface area contributed by atoms with Crippen molar-refractivity contribution in [3.8, 4) is 0 Å². The largest absolute Gasteiger partial charge is 0.469 e. The molecule has 10 atom stereocenters. The Morgan fingerprint density at radius 3 is 2.62 bits per heavy atom. The van der Waals surface area contributed by atoms with Gasteiger partial charge in [0, 0.05) is 12.5 Å². The van der Waals surface area contributed by atoms with Crippen LogP contribution in [0.2, 0.25) is 0 Å². The summed E-state index contributed by atoms with van der Waals surface area (Å²) in [4.78, 5) is 11.7. The number of esters is 1. The van der Waals surface area contributed by atoms with Gasteiger partial charge in [-0.2, -0.15) is 0 Å². The van der Waals surface area contributed by atoms with E-state index in [1.165, 1.54) is 39.2 Å². The first-order valence-corrected chi connectivity index (χ1v) is 12.2. The predicted molar refractivity (Wildman–Crippen MR) is 115 cm³/mol. The Balaban J connectivity index is 1.53. The topological polar surface area (TPSA) is 72.5 Å². The Labute approximate surface area is 177 Å². The molecule has 4 aliphatic rings. The molecule has 0 heterocycles. The normalized spacial score (nSPS) is 50.2. The van der Waals surface area contributed by atoms with E-state index in [1.807, 2.05) is 0 Å². The highest BCUT2D eigenvalue weighted by molar-refractivity contribution is 5.69. The summed E-state index contributed by atoms with van der Waals surface area (Å²) in [6, 6.07) is 0.254. The number of carbonyl (C=O) groups excluding carboxylic acids is 1. The standard InChI is InChI=1S/C25H43NO3/c1-15(5-10-23(28)29-4)19-8-9-20-18-7-6-16-13-17(27)11-12-24(16,2)21(18)14-22(26)25(19,20)3/h15-22,27H,5-14,26H2,1-4H3/t15?,16-,17?,18?,19?,20?,21?,22+,24+,25?/m1/s1. The van der Waals surface area contributed by atoms with E-state index in [0.29, 0.717) is 29.6 Å². The quantitative estimate of drug-likeness (QED) is 0.674. The molecule has 0 aromatic rings. The highest BCUT2D eigenvalue weighted by Crippen LogP contribution is 2.68. The van der Waals surface area contributed by atoms with E-state index in [4.69, 9.17) is 10.5 Å². The second-order valence-corrected chi connectivity index (χ2v) is 11.6. The number of aliphatic hydroxyl groups excluding tert-OH is 1. The smallest absolute Gasteiger partial charge is 0.305 e. The van der Waals surface area contributed by atoms with Crippen LogP contribution in [0.4, 0.5) is 0 Å². The maximum Gasteiger partial charge on any atom is 0.305 e. The van der Waals surface area contributed by atoms with Crippen LogP contribution in [0.5, 0.6) is 0 Å². The molecule has 4 fully saturated rings. The van der Waals surface area contributed by atoms with Crippen molar-refractivity contribution in [2.75, 3.05) is 7.11 Å². The average Bonchev–Trinajstić information content (AvgIpc) is 3.06. The number of rotatable bonds is 4. The minimum absolute atomic E-state index is 0.0846. The highest BCUT2D eigenvalue weighted by atomic mass is 16.5. The van der Waals surface area contributed by atoms with E-state index < -0.39 is 0 Å². The lowest BCUT2D eigenvalue weighted by Crippen LogP contribution is -2.61. The van der Waals surface area contributed by atoms with Gasteiger partial charge in [0.25, 0.3) is 0 Å². The lowest BCUT2D eigenvalue weighted by atomic mass is 9.43. The molecule has 0 bridgehead atoms. The number of ether oxygens (including phenoxy) is 1. The summed E-state index contributed by atoms with van der Waals surface area (Å²) in [7, 11) is 1.48. The number of fused-ring (bicyclic) bond motifs is 5. The second kappa shape index (κ2) is 7.82. The van der Waals surface area contributed by atoms with Crippen molar-refractivity contribution >= 4 is 5.97 Å². The van der Waals surface area contributed by atoms with Crippen LogP contribution in [-0.2, 0) is 9.53 Å². The Morgan fingerprint density at radius 2 is 1.90 bits per heavy atom. The fourth-order valence-corrected chi connectivity index (χ4v) is 8.90. The van der Waals surface area contributed by atoms with Crippen molar-refractivity contribution in [3.05, 3.63) is 0 Å². The predicted octanol–water partition coefficient (Wildman–Crippen LogP) is 4.53. The second-order valence-electron chi connectivity index (χ2n) is 11.6. The van der Waals surface area contributed by atoms with Gasteiger partial charge in [-0.3, -0.25) is 4.79 Å². The lowest BCUT2D eigenvalue weighted by Gasteiger charge is -2.63. The van der Waals surface area contributed by atoms with Crippen molar-refractivity contribution < 1.29 is 14.6 Å². The van der Waals surface area contributed by atoms with Crippen LogP contribution in [0.1, 0.15) is 85.0 Å². The zero-order chi connectivity index (χ0) is 21.0. The summed E-state index contributed by atoms with van der Waals surface area (Å²) in [6.45, 7) is 7.35. The van der Waals surface area contributed by atoms with Crippen molar-refractivity contribution in [2.45, 2.75) is 97.1 Å². The average molecular weight is 406 g/mol. The highest BCUT2D eigenvalue weighted by Gasteiger charge is 2.63. The third kappa shape index (κ3) is 3.37. The van der Waals surface area contributed by atoms with Crippen molar-refractivity contribution in [2.24, 2.45) is 52.1 Å². The molecule has 0 spiro atoms. The minimum Gasteiger partial charge on any atom is -0.469 e. The number of aliphatic hydroxyl groups is 1. The molecule has 7 unspecified atom stereocenters. The Kier molecular flexibility index (Phi) is 5.83. The number of hydrogen-bond acceptors (Lipinski definition) is 4. The summed E-state index contributed by atoms with van der Waals surface area (Å²) in [6.07, 6.45) is 10.9. The molecule has 4 nitrogen and oxygen atoms in total. The van der Waals surface area contributed by atoms with Gasteiger partial charge >= 0.3 is 5.97 Å². The molecule has 4 heteroatoms. The van der Waals surface area contributed by atoms with E-state index in [-0.39, 0.29) is 23.5 Å². The molecule has 4 aliphatic carbocycles. The Hall–Kier alpha value is -0.610. The van der Waals surface area contributed by atoms with Crippen LogP contribution < -0.4 is 5.73 Å². The first kappa shape index (κ1) is 21.6. The van der Waals surface area contributed by atoms with E-state index in [2.05, 4.69) is 20.8 Å². The van der Waals surface area contributed by atoms with Crippen LogP contribution in [0.3, 0.4) is 0 Å². The van der Waals surface area contributed by atoms with Crippen LogP contribution >= 0.6 is 0 Å². The molecule has 0 amide bonds. The van der Waals surface area contributed by atoms with Gasteiger partial charge in [-0.05, 0) is 104 Å². The zero-order valence-corrected chi connectivity index (χ0v) is 19.0. The molecular formula is C25H43NO3. The first-order chi connectivity index (χ1) is 13.7. The summed E-state index contributed by atoms with van der Waals surface area (Å²) >= 11 is 0. The van der Waals surface area contributed by atoms with Gasteiger partial charge in [0.15, 0.2) is 0 Å². The number of hydrogen-bond donors (Lipinski definition) is 2. The third-order valence-corrected chi connectivity index (χ3v) is 10.6. The molecule has 0 aromatic carbocycles. The number of carbonyl (C=O) groups is 1. The zero-order valence-electron chi connectivity index (χ0n) is 19.0. The van der Waals surface area contributed by atoms with Gasteiger partial charge < -0.3 is 15.6 Å². The first-order valence-electron chi connectivity index (χ1n) is 12.2. The van der Waals surface area contributed by atoms with Gasteiger partial charge in [-0.15, -0.1) is 0 Å². The van der Waals surface area contributed by atoms with E-state index in [1.54, 1.807) is 0 Å². The maximum atomic E-state index is 11.7. The monoisotopic (exact) mass is 405 g/mol. The lowest BCUT2D eigenvalue weighted by molar-refractivity contribution is -0.142. The molecule has 4 rings (SSSR count). The van der Waals surface area contributed by atoms with Crippen LogP contribution in [-0.4, -0.2) is 30.3 Å². The van der Waals surface area contributed by atoms with Crippen molar-refractivity contribution in [1.29, 1.82) is 0 Å². The van der Waals surface area contributed by atoms with Gasteiger partial charge in [0.2, 0.25) is 0 Å². The molecule has 0 aliphatic heterocycles. The molecule has 29 heavy (non-hydrogen) atoms.